The van der Waals surface area contributed by atoms with Gasteiger partial charge < -0.3 is 10.5 Å². The molecule has 0 bridgehead atoms. The summed E-state index contributed by atoms with van der Waals surface area (Å²) < 4.78 is 5.60. The molecule has 0 unspecified atom stereocenters. The maximum atomic E-state index is 5.60. The fourth-order valence-corrected chi connectivity index (χ4v) is 1.99. The molecule has 2 nitrogen and oxygen atoms in total. The highest BCUT2D eigenvalue weighted by molar-refractivity contribution is 6.44. The first kappa shape index (κ1) is 10.9. The Morgan fingerprint density at radius 3 is 2.64 bits per heavy atom. The Balaban J connectivity index is 2.35. The van der Waals surface area contributed by atoms with Crippen molar-refractivity contribution < 1.29 is 4.74 Å². The molecule has 0 radical (unpaired) electrons. The van der Waals surface area contributed by atoms with Crippen molar-refractivity contribution in [2.24, 2.45) is 0 Å². The Hall–Kier alpha value is -1.22. The molecule has 1 aromatic carbocycles. The topological polar surface area (TPSA) is 35.2 Å². The van der Waals surface area contributed by atoms with Gasteiger partial charge in [0.05, 0.1) is 15.7 Å². The van der Waals surface area contributed by atoms with E-state index in [-0.39, 0.29) is 9.52 Å². The predicted octanol–water partition coefficient (Wildman–Crippen LogP) is 1.70. The van der Waals surface area contributed by atoms with Crippen molar-refractivity contribution >= 4 is 15.2 Å². The summed E-state index contributed by atoms with van der Waals surface area (Å²) in [6.45, 7) is 4.24. The zero-order chi connectivity index (χ0) is 10.4. The van der Waals surface area contributed by atoms with Gasteiger partial charge in [-0.3, -0.25) is 0 Å². The van der Waals surface area contributed by atoms with E-state index < -0.39 is 0 Å². The van der Waals surface area contributed by atoms with E-state index in [0.717, 1.165) is 17.7 Å². The van der Waals surface area contributed by atoms with Gasteiger partial charge in [0.15, 0.2) is 0 Å². The maximum absolute atomic E-state index is 5.60. The Labute approximate surface area is 87.6 Å². The van der Waals surface area contributed by atoms with E-state index in [4.69, 9.17) is 10.5 Å². The molecular weight excluding hydrogens is 190 g/mol. The van der Waals surface area contributed by atoms with Crippen molar-refractivity contribution in [1.82, 2.24) is 0 Å². The van der Waals surface area contributed by atoms with Gasteiger partial charge in [0.1, 0.15) is 5.75 Å². The molecule has 0 spiro atoms. The third kappa shape index (κ3) is 3.66. The summed E-state index contributed by atoms with van der Waals surface area (Å²) >= 11 is 0. The summed E-state index contributed by atoms with van der Waals surface area (Å²) in [7, 11) is -0.210. The van der Waals surface area contributed by atoms with Crippen LogP contribution in [0.15, 0.2) is 35.5 Å². The molecule has 76 valence electrons. The van der Waals surface area contributed by atoms with Crippen LogP contribution < -0.4 is 10.5 Å². The Bertz CT molecular complexity index is 306. The lowest BCUT2D eigenvalue weighted by molar-refractivity contribution is 0.385. The molecule has 0 aliphatic rings. The lowest BCUT2D eigenvalue weighted by Gasteiger charge is -2.05. The molecule has 2 N–H and O–H groups in total. The second-order valence-corrected chi connectivity index (χ2v) is 5.33. The molecule has 0 saturated heterocycles. The number of nitrogens with two attached hydrogens (primary N) is 1. The van der Waals surface area contributed by atoms with Gasteiger partial charge in [0.2, 0.25) is 0 Å². The first-order chi connectivity index (χ1) is 6.72. The second kappa shape index (κ2) is 5.50. The van der Waals surface area contributed by atoms with Crippen molar-refractivity contribution in [3.63, 3.8) is 0 Å². The number of benzene rings is 1. The normalized spacial score (nSPS) is 12.3. The highest BCUT2D eigenvalue weighted by Gasteiger charge is 1.94. The van der Waals surface area contributed by atoms with Crippen LogP contribution in [-0.4, -0.2) is 15.7 Å². The van der Waals surface area contributed by atoms with Crippen LogP contribution in [0.4, 0.5) is 5.69 Å². The SMILES string of the molecule is CC=C(C)[SiH2]COc1ccc(N)cc1. The van der Waals surface area contributed by atoms with Gasteiger partial charge in [-0.15, -0.1) is 0 Å². The smallest absolute Gasteiger partial charge is 0.118 e. The van der Waals surface area contributed by atoms with Gasteiger partial charge in [-0.25, -0.2) is 0 Å². The molecule has 0 atom stereocenters. The van der Waals surface area contributed by atoms with Crippen LogP contribution in [0.25, 0.3) is 0 Å². The minimum atomic E-state index is -0.210. The highest BCUT2D eigenvalue weighted by atomic mass is 28.2. The molecule has 0 fully saturated rings. The molecule has 0 heterocycles. The Morgan fingerprint density at radius 2 is 2.07 bits per heavy atom. The largest absolute Gasteiger partial charge is 0.497 e. The van der Waals surface area contributed by atoms with E-state index in [2.05, 4.69) is 19.9 Å². The number of ether oxygens (including phenoxy) is 1. The number of hydrogen-bond donors (Lipinski definition) is 1. The molecule has 14 heavy (non-hydrogen) atoms. The van der Waals surface area contributed by atoms with E-state index in [1.807, 2.05) is 24.3 Å². The average molecular weight is 207 g/mol. The number of nitrogen functional groups attached to an aromatic ring is 1. The average Bonchev–Trinajstić information content (AvgIpc) is 2.21. The molecule has 0 aliphatic heterocycles. The van der Waals surface area contributed by atoms with Gasteiger partial charge in [0.25, 0.3) is 0 Å². The van der Waals surface area contributed by atoms with Crippen LogP contribution in [0, 0.1) is 0 Å². The minimum absolute atomic E-state index is 0.210. The third-order valence-corrected chi connectivity index (χ3v) is 3.74. The van der Waals surface area contributed by atoms with Crippen LogP contribution >= 0.6 is 0 Å². The fraction of sp³-hybridized carbons (Fsp3) is 0.273. The monoisotopic (exact) mass is 207 g/mol. The molecule has 3 heteroatoms. The molecule has 1 aromatic rings. The third-order valence-electron chi connectivity index (χ3n) is 2.14. The minimum Gasteiger partial charge on any atom is -0.497 e. The van der Waals surface area contributed by atoms with Crippen LogP contribution in [0.2, 0.25) is 0 Å². The van der Waals surface area contributed by atoms with Gasteiger partial charge in [-0.1, -0.05) is 11.3 Å². The zero-order valence-electron chi connectivity index (χ0n) is 8.79. The highest BCUT2D eigenvalue weighted by Crippen LogP contribution is 2.12. The van der Waals surface area contributed by atoms with E-state index in [1.165, 1.54) is 5.20 Å². The standard InChI is InChI=1S/C11H17NOSi/c1-3-9(2)14-8-13-11-6-4-10(12)5-7-11/h3-7H,8,12,14H2,1-2H3. The quantitative estimate of drug-likeness (QED) is 0.602. The first-order valence-electron chi connectivity index (χ1n) is 4.82. The molecule has 0 aromatic heterocycles. The molecule has 0 saturated carbocycles. The van der Waals surface area contributed by atoms with E-state index in [9.17, 15) is 0 Å². The van der Waals surface area contributed by atoms with Crippen molar-refractivity contribution in [2.75, 3.05) is 12.0 Å². The summed E-state index contributed by atoms with van der Waals surface area (Å²) in [5.41, 5.74) is 6.35. The van der Waals surface area contributed by atoms with Crippen LogP contribution in [0.5, 0.6) is 5.75 Å². The fourth-order valence-electron chi connectivity index (χ4n) is 1.04. The van der Waals surface area contributed by atoms with Crippen molar-refractivity contribution in [3.8, 4) is 5.75 Å². The van der Waals surface area contributed by atoms with Gasteiger partial charge >= 0.3 is 0 Å². The van der Waals surface area contributed by atoms with Crippen LogP contribution in [0.3, 0.4) is 0 Å². The molecule has 1 rings (SSSR count). The van der Waals surface area contributed by atoms with Gasteiger partial charge in [0, 0.05) is 5.69 Å². The van der Waals surface area contributed by atoms with Gasteiger partial charge in [-0.05, 0) is 38.1 Å². The summed E-state index contributed by atoms with van der Waals surface area (Å²) in [6, 6.07) is 7.54. The van der Waals surface area contributed by atoms with Gasteiger partial charge in [-0.2, -0.15) is 0 Å². The Morgan fingerprint density at radius 1 is 1.43 bits per heavy atom. The van der Waals surface area contributed by atoms with Crippen LogP contribution in [-0.2, 0) is 0 Å². The number of hydrogen-bond acceptors (Lipinski definition) is 2. The molecule has 0 aliphatic carbocycles. The van der Waals surface area contributed by atoms with E-state index in [1.54, 1.807) is 0 Å². The Kier molecular flexibility index (Phi) is 4.26. The van der Waals surface area contributed by atoms with E-state index >= 15 is 0 Å². The summed E-state index contributed by atoms with van der Waals surface area (Å²) in [4.78, 5) is 0. The van der Waals surface area contributed by atoms with Crippen molar-refractivity contribution in [3.05, 3.63) is 35.5 Å². The lowest BCUT2D eigenvalue weighted by atomic mass is 10.3. The number of rotatable bonds is 4. The molecule has 0 amide bonds. The lowest BCUT2D eigenvalue weighted by Crippen LogP contribution is -2.07. The van der Waals surface area contributed by atoms with Crippen molar-refractivity contribution in [1.29, 1.82) is 0 Å². The first-order valence-corrected chi connectivity index (χ1v) is 6.53. The number of anilines is 1. The summed E-state index contributed by atoms with van der Waals surface area (Å²) in [5, 5.41) is 1.49. The predicted molar refractivity (Wildman–Crippen MR) is 64.3 cm³/mol. The zero-order valence-corrected chi connectivity index (χ0v) is 10.2. The van der Waals surface area contributed by atoms with Crippen molar-refractivity contribution in [2.45, 2.75) is 13.8 Å². The van der Waals surface area contributed by atoms with Crippen LogP contribution in [0.1, 0.15) is 13.8 Å². The molecular formula is C11H17NOSi. The van der Waals surface area contributed by atoms with E-state index in [0.29, 0.717) is 0 Å². The number of allylic oxidation sites excluding steroid dienone is 2. The maximum Gasteiger partial charge on any atom is 0.118 e. The second-order valence-electron chi connectivity index (χ2n) is 3.30. The summed E-state index contributed by atoms with van der Waals surface area (Å²) in [5.74, 6) is 0.913. The summed E-state index contributed by atoms with van der Waals surface area (Å²) in [6.07, 6.45) is 3.03.